The number of carbonyl (C=O) groups excluding carboxylic acids is 1. The number of aromatic nitrogens is 3. The lowest BCUT2D eigenvalue weighted by Gasteiger charge is -2.16. The molecule has 6 nitrogen and oxygen atoms in total. The van der Waals surface area contributed by atoms with E-state index in [9.17, 15) is 4.79 Å². The number of hydrogen-bond acceptors (Lipinski definition) is 5. The number of fused-ring (bicyclic) bond motifs is 1. The Labute approximate surface area is 143 Å². The van der Waals surface area contributed by atoms with Crippen molar-refractivity contribution >= 4 is 28.7 Å². The van der Waals surface area contributed by atoms with E-state index in [0.717, 1.165) is 36.8 Å². The summed E-state index contributed by atoms with van der Waals surface area (Å²) in [5.74, 6) is 0.670. The highest BCUT2D eigenvalue weighted by molar-refractivity contribution is 7.09. The first-order chi connectivity index (χ1) is 11.8. The zero-order valence-electron chi connectivity index (χ0n) is 13.0. The van der Waals surface area contributed by atoms with Gasteiger partial charge in [-0.25, -0.2) is 9.67 Å². The van der Waals surface area contributed by atoms with Gasteiger partial charge in [0.2, 0.25) is 0 Å². The Morgan fingerprint density at radius 3 is 3.08 bits per heavy atom. The highest BCUT2D eigenvalue weighted by Gasteiger charge is 2.18. The second-order valence-electron chi connectivity index (χ2n) is 5.65. The van der Waals surface area contributed by atoms with Gasteiger partial charge in [-0.3, -0.25) is 4.79 Å². The van der Waals surface area contributed by atoms with Gasteiger partial charge in [0, 0.05) is 24.9 Å². The minimum absolute atomic E-state index is 0.200. The molecule has 1 aliphatic heterocycles. The van der Waals surface area contributed by atoms with Crippen LogP contribution in [0, 0.1) is 0 Å². The van der Waals surface area contributed by atoms with E-state index in [-0.39, 0.29) is 5.91 Å². The van der Waals surface area contributed by atoms with Crippen LogP contribution in [-0.4, -0.2) is 27.2 Å². The lowest BCUT2D eigenvalue weighted by molar-refractivity contribution is 0.102. The molecule has 0 spiro atoms. The Morgan fingerprint density at radius 2 is 2.21 bits per heavy atom. The second kappa shape index (κ2) is 6.45. The lowest BCUT2D eigenvalue weighted by atomic mass is 10.2. The number of nitrogens with zero attached hydrogens (tertiary/aromatic N) is 3. The number of carbonyl (C=O) groups is 1. The number of nitrogens with one attached hydrogen (secondary N) is 2. The number of amides is 1. The minimum Gasteiger partial charge on any atom is -0.368 e. The van der Waals surface area contributed by atoms with Gasteiger partial charge in [0.15, 0.2) is 0 Å². The van der Waals surface area contributed by atoms with Gasteiger partial charge in [-0.2, -0.15) is 5.10 Å². The summed E-state index contributed by atoms with van der Waals surface area (Å²) in [5.41, 5.74) is 2.34. The first-order valence-corrected chi connectivity index (χ1v) is 8.77. The van der Waals surface area contributed by atoms with Gasteiger partial charge in [-0.15, -0.1) is 11.3 Å². The van der Waals surface area contributed by atoms with Gasteiger partial charge >= 0.3 is 0 Å². The summed E-state index contributed by atoms with van der Waals surface area (Å²) in [7, 11) is 0. The monoisotopic (exact) mass is 339 g/mol. The molecule has 2 aromatic heterocycles. The second-order valence-corrected chi connectivity index (χ2v) is 6.60. The van der Waals surface area contributed by atoms with Crippen molar-refractivity contribution in [2.75, 3.05) is 17.2 Å². The molecule has 4 rings (SSSR count). The predicted octanol–water partition coefficient (Wildman–Crippen LogP) is 3.00. The topological polar surface area (TPSA) is 71.8 Å². The quantitative estimate of drug-likeness (QED) is 0.766. The van der Waals surface area contributed by atoms with E-state index in [1.807, 2.05) is 22.9 Å². The van der Waals surface area contributed by atoms with Crippen molar-refractivity contribution in [1.29, 1.82) is 0 Å². The van der Waals surface area contributed by atoms with Crippen LogP contribution >= 0.6 is 11.3 Å². The maximum atomic E-state index is 12.4. The molecule has 2 N–H and O–H groups in total. The highest BCUT2D eigenvalue weighted by Crippen LogP contribution is 2.25. The van der Waals surface area contributed by atoms with E-state index in [1.165, 1.54) is 16.9 Å². The molecule has 7 heteroatoms. The van der Waals surface area contributed by atoms with E-state index < -0.39 is 0 Å². The fourth-order valence-electron chi connectivity index (χ4n) is 2.72. The summed E-state index contributed by atoms with van der Waals surface area (Å²) in [6.07, 6.45) is 3.46. The van der Waals surface area contributed by atoms with Crippen molar-refractivity contribution in [2.45, 2.75) is 19.4 Å². The zero-order chi connectivity index (χ0) is 16.4. The van der Waals surface area contributed by atoms with Crippen LogP contribution in [0.2, 0.25) is 0 Å². The maximum absolute atomic E-state index is 12.4. The summed E-state index contributed by atoms with van der Waals surface area (Å²) in [6.45, 7) is 1.77. The summed E-state index contributed by atoms with van der Waals surface area (Å²) < 4.78 is 1.88. The molecule has 3 heterocycles. The molecule has 0 saturated heterocycles. The average Bonchev–Trinajstić information content (AvgIpc) is 3.24. The summed E-state index contributed by atoms with van der Waals surface area (Å²) >= 11 is 1.51. The van der Waals surface area contributed by atoms with Crippen molar-refractivity contribution in [3.05, 3.63) is 58.2 Å². The van der Waals surface area contributed by atoms with Crippen LogP contribution in [-0.2, 0) is 13.0 Å². The van der Waals surface area contributed by atoms with Crippen LogP contribution in [0.25, 0.3) is 0 Å². The van der Waals surface area contributed by atoms with Crippen molar-refractivity contribution in [3.63, 3.8) is 0 Å². The van der Waals surface area contributed by atoms with Gasteiger partial charge in [0.05, 0.1) is 11.2 Å². The average molecular weight is 339 g/mol. The van der Waals surface area contributed by atoms with Gasteiger partial charge in [0.1, 0.15) is 17.2 Å². The molecular weight excluding hydrogens is 322 g/mol. The molecule has 3 aromatic rings. The smallest absolute Gasteiger partial charge is 0.275 e. The van der Waals surface area contributed by atoms with Crippen LogP contribution in [0.3, 0.4) is 0 Å². The van der Waals surface area contributed by atoms with Gasteiger partial charge in [-0.1, -0.05) is 30.3 Å². The van der Waals surface area contributed by atoms with Crippen molar-refractivity contribution in [3.8, 4) is 0 Å². The number of anilines is 2. The van der Waals surface area contributed by atoms with Crippen LogP contribution in [0.15, 0.2) is 41.9 Å². The first kappa shape index (κ1) is 14.9. The third kappa shape index (κ3) is 3.03. The van der Waals surface area contributed by atoms with E-state index >= 15 is 0 Å². The van der Waals surface area contributed by atoms with E-state index in [4.69, 9.17) is 0 Å². The summed E-state index contributed by atoms with van der Waals surface area (Å²) in [4.78, 5) is 16.9. The standard InChI is InChI=1S/C17H17N5OS/c23-17(21-13-10-19-22-8-4-7-18-16(13)22)14-11-24-15(20-14)9-12-5-2-1-3-6-12/h1-3,5-6,10-11,18H,4,7-9H2,(H,21,23). The van der Waals surface area contributed by atoms with Crippen molar-refractivity contribution < 1.29 is 4.79 Å². The zero-order valence-corrected chi connectivity index (χ0v) is 13.8. The predicted molar refractivity (Wildman–Crippen MR) is 94.6 cm³/mol. The minimum atomic E-state index is -0.200. The van der Waals surface area contributed by atoms with E-state index in [2.05, 4.69) is 32.8 Å². The molecule has 0 aliphatic carbocycles. The molecule has 1 aromatic carbocycles. The third-order valence-corrected chi connectivity index (χ3v) is 4.76. The SMILES string of the molecule is O=C(Nc1cnn2c1NCCC2)c1csc(Cc2ccccc2)n1. The molecule has 0 fully saturated rings. The van der Waals surface area contributed by atoms with E-state index in [1.54, 1.807) is 11.6 Å². The van der Waals surface area contributed by atoms with Crippen molar-refractivity contribution in [1.82, 2.24) is 14.8 Å². The van der Waals surface area contributed by atoms with Gasteiger partial charge in [0.25, 0.3) is 5.91 Å². The van der Waals surface area contributed by atoms with Crippen molar-refractivity contribution in [2.24, 2.45) is 0 Å². The number of benzene rings is 1. The van der Waals surface area contributed by atoms with Crippen LogP contribution in [0.4, 0.5) is 11.5 Å². The van der Waals surface area contributed by atoms with Crippen LogP contribution < -0.4 is 10.6 Å². The lowest BCUT2D eigenvalue weighted by Crippen LogP contribution is -2.19. The molecule has 0 unspecified atom stereocenters. The molecule has 0 atom stereocenters. The molecule has 0 radical (unpaired) electrons. The van der Waals surface area contributed by atoms with E-state index in [0.29, 0.717) is 11.4 Å². The fraction of sp³-hybridized carbons (Fsp3) is 0.235. The first-order valence-electron chi connectivity index (χ1n) is 7.89. The van der Waals surface area contributed by atoms with Crippen LogP contribution in [0.5, 0.6) is 0 Å². The molecule has 122 valence electrons. The Bertz CT molecular complexity index is 855. The molecule has 0 saturated carbocycles. The number of hydrogen-bond donors (Lipinski definition) is 2. The fourth-order valence-corrected chi connectivity index (χ4v) is 3.53. The maximum Gasteiger partial charge on any atom is 0.275 e. The molecule has 1 aliphatic rings. The van der Waals surface area contributed by atoms with Gasteiger partial charge in [-0.05, 0) is 12.0 Å². The third-order valence-electron chi connectivity index (χ3n) is 3.91. The Balaban J connectivity index is 1.46. The largest absolute Gasteiger partial charge is 0.368 e. The molecular formula is C17H17N5OS. The molecule has 0 bridgehead atoms. The molecule has 24 heavy (non-hydrogen) atoms. The number of thiazole rings is 1. The Morgan fingerprint density at radius 1 is 1.33 bits per heavy atom. The summed E-state index contributed by atoms with van der Waals surface area (Å²) in [5, 5.41) is 13.2. The summed E-state index contributed by atoms with van der Waals surface area (Å²) in [6, 6.07) is 10.1. The van der Waals surface area contributed by atoms with Gasteiger partial charge < -0.3 is 10.6 Å². The highest BCUT2D eigenvalue weighted by atomic mass is 32.1. The Kier molecular flexibility index (Phi) is 4.00. The molecule has 1 amide bonds. The normalized spacial score (nSPS) is 13.2. The number of aryl methyl sites for hydroxylation is 1. The van der Waals surface area contributed by atoms with Crippen LogP contribution in [0.1, 0.15) is 27.5 Å². The Hall–Kier alpha value is -2.67. The number of rotatable bonds is 4.